The van der Waals surface area contributed by atoms with Gasteiger partial charge in [-0.05, 0) is 55.5 Å². The second kappa shape index (κ2) is 10.7. The monoisotopic (exact) mass is 473 g/mol. The van der Waals surface area contributed by atoms with E-state index >= 15 is 0 Å². The number of piperidine rings is 1. The summed E-state index contributed by atoms with van der Waals surface area (Å²) in [6.07, 6.45) is 2.91. The van der Waals surface area contributed by atoms with Gasteiger partial charge in [0.1, 0.15) is 5.75 Å². The first-order valence-corrected chi connectivity index (χ1v) is 12.6. The zero-order chi connectivity index (χ0) is 24.0. The molecule has 33 heavy (non-hydrogen) atoms. The quantitative estimate of drug-likeness (QED) is 0.611. The molecule has 8 nitrogen and oxygen atoms in total. The number of carbonyl (C=O) groups is 2. The second-order valence-electron chi connectivity index (χ2n) is 8.47. The molecule has 2 N–H and O–H groups in total. The summed E-state index contributed by atoms with van der Waals surface area (Å²) in [5.74, 6) is -0.0410. The maximum Gasteiger partial charge on any atom is 0.261 e. The summed E-state index contributed by atoms with van der Waals surface area (Å²) in [6, 6.07) is 10.6. The summed E-state index contributed by atoms with van der Waals surface area (Å²) >= 11 is 0. The van der Waals surface area contributed by atoms with E-state index in [1.54, 1.807) is 23.1 Å². The first-order chi connectivity index (χ1) is 15.7. The molecule has 3 rings (SSSR count). The van der Waals surface area contributed by atoms with Gasteiger partial charge in [0.15, 0.2) is 0 Å². The number of sulfonamides is 1. The van der Waals surface area contributed by atoms with E-state index in [1.807, 2.05) is 13.8 Å². The number of rotatable bonds is 8. The highest BCUT2D eigenvalue weighted by Gasteiger charge is 2.25. The van der Waals surface area contributed by atoms with Crippen LogP contribution < -0.4 is 14.8 Å². The van der Waals surface area contributed by atoms with Crippen molar-refractivity contribution < 1.29 is 22.7 Å². The summed E-state index contributed by atoms with van der Waals surface area (Å²) in [6.45, 7) is 5.69. The van der Waals surface area contributed by atoms with E-state index in [2.05, 4.69) is 10.0 Å². The van der Waals surface area contributed by atoms with Crippen molar-refractivity contribution in [2.75, 3.05) is 31.5 Å². The Balaban J connectivity index is 1.89. The van der Waals surface area contributed by atoms with Crippen LogP contribution in [-0.4, -0.2) is 51.9 Å². The van der Waals surface area contributed by atoms with Crippen LogP contribution in [0.2, 0.25) is 0 Å². The van der Waals surface area contributed by atoms with E-state index in [4.69, 9.17) is 4.74 Å². The normalized spacial score (nSPS) is 14.1. The lowest BCUT2D eigenvalue weighted by Crippen LogP contribution is -2.35. The molecule has 1 fully saturated rings. The Hall–Kier alpha value is -3.07. The molecule has 0 radical (unpaired) electrons. The summed E-state index contributed by atoms with van der Waals surface area (Å²) < 4.78 is 34.2. The predicted molar refractivity (Wildman–Crippen MR) is 127 cm³/mol. The molecule has 0 unspecified atom stereocenters. The van der Waals surface area contributed by atoms with Gasteiger partial charge in [0.25, 0.3) is 21.8 Å². The smallest absolute Gasteiger partial charge is 0.261 e. The molecule has 1 aliphatic heterocycles. The molecule has 1 aliphatic rings. The van der Waals surface area contributed by atoms with Gasteiger partial charge < -0.3 is 15.0 Å². The number of nitrogens with zero attached hydrogens (tertiary/aromatic N) is 1. The lowest BCUT2D eigenvalue weighted by atomic mass is 10.1. The van der Waals surface area contributed by atoms with E-state index in [1.165, 1.54) is 31.4 Å². The lowest BCUT2D eigenvalue weighted by Gasteiger charge is -2.27. The standard InChI is InChI=1S/C24H31N3O5S/c1-17(2)16-25-23(28)19-9-5-6-10-21(19)26-33(30,31)18-11-12-22(32-3)20(15-18)24(29)27-13-7-4-8-14-27/h5-6,9-12,15,17,26H,4,7-8,13-14,16H2,1-3H3,(H,25,28). The summed E-state index contributed by atoms with van der Waals surface area (Å²) in [5, 5.41) is 2.80. The zero-order valence-corrected chi connectivity index (χ0v) is 20.1. The van der Waals surface area contributed by atoms with Gasteiger partial charge in [-0.15, -0.1) is 0 Å². The Morgan fingerprint density at radius 3 is 2.39 bits per heavy atom. The second-order valence-corrected chi connectivity index (χ2v) is 10.2. The van der Waals surface area contributed by atoms with Crippen LogP contribution in [0.3, 0.4) is 0 Å². The molecule has 178 valence electrons. The minimum atomic E-state index is -4.07. The molecule has 2 aromatic carbocycles. The van der Waals surface area contributed by atoms with Crippen LogP contribution in [0.15, 0.2) is 47.4 Å². The Kier molecular flexibility index (Phi) is 7.97. The Morgan fingerprint density at radius 1 is 1.03 bits per heavy atom. The third-order valence-electron chi connectivity index (χ3n) is 5.44. The first-order valence-electron chi connectivity index (χ1n) is 11.1. The number of para-hydroxylation sites is 1. The van der Waals surface area contributed by atoms with Crippen LogP contribution in [0.4, 0.5) is 5.69 Å². The summed E-state index contributed by atoms with van der Waals surface area (Å²) in [4.78, 5) is 27.3. The number of ether oxygens (including phenoxy) is 1. The van der Waals surface area contributed by atoms with Crippen LogP contribution in [0.1, 0.15) is 53.8 Å². The van der Waals surface area contributed by atoms with Crippen molar-refractivity contribution >= 4 is 27.5 Å². The molecular formula is C24H31N3O5S. The molecule has 0 aromatic heterocycles. The minimum absolute atomic E-state index is 0.0824. The van der Waals surface area contributed by atoms with Gasteiger partial charge in [-0.25, -0.2) is 8.42 Å². The Morgan fingerprint density at radius 2 is 1.73 bits per heavy atom. The number of methoxy groups -OCH3 is 1. The molecule has 1 heterocycles. The van der Waals surface area contributed by atoms with E-state index in [-0.39, 0.29) is 39.4 Å². The van der Waals surface area contributed by atoms with Crippen molar-refractivity contribution in [1.82, 2.24) is 10.2 Å². The highest BCUT2D eigenvalue weighted by Crippen LogP contribution is 2.27. The van der Waals surface area contributed by atoms with Crippen molar-refractivity contribution in [1.29, 1.82) is 0 Å². The SMILES string of the molecule is COc1ccc(S(=O)(=O)Nc2ccccc2C(=O)NCC(C)C)cc1C(=O)N1CCCCC1. The van der Waals surface area contributed by atoms with E-state index in [0.717, 1.165) is 19.3 Å². The topological polar surface area (TPSA) is 105 Å². The van der Waals surface area contributed by atoms with Gasteiger partial charge in [0.05, 0.1) is 28.8 Å². The fourth-order valence-corrected chi connectivity index (χ4v) is 4.76. The predicted octanol–water partition coefficient (Wildman–Crippen LogP) is 3.51. The van der Waals surface area contributed by atoms with Crippen molar-refractivity contribution in [3.63, 3.8) is 0 Å². The minimum Gasteiger partial charge on any atom is -0.496 e. The summed E-state index contributed by atoms with van der Waals surface area (Å²) in [5.41, 5.74) is 0.587. The molecule has 0 bridgehead atoms. The number of hydrogen-bond donors (Lipinski definition) is 2. The van der Waals surface area contributed by atoms with Crippen LogP contribution >= 0.6 is 0 Å². The van der Waals surface area contributed by atoms with Crippen LogP contribution in [0.5, 0.6) is 5.75 Å². The number of benzene rings is 2. The maximum atomic E-state index is 13.2. The van der Waals surface area contributed by atoms with Gasteiger partial charge in [-0.3, -0.25) is 14.3 Å². The third kappa shape index (κ3) is 6.04. The van der Waals surface area contributed by atoms with Gasteiger partial charge >= 0.3 is 0 Å². The fraction of sp³-hybridized carbons (Fsp3) is 0.417. The highest BCUT2D eigenvalue weighted by atomic mass is 32.2. The molecule has 0 spiro atoms. The first kappa shape index (κ1) is 24.6. The van der Waals surface area contributed by atoms with Gasteiger partial charge in [-0.2, -0.15) is 0 Å². The van der Waals surface area contributed by atoms with Crippen molar-refractivity contribution in [2.45, 2.75) is 38.0 Å². The molecule has 0 atom stereocenters. The molecular weight excluding hydrogens is 442 g/mol. The number of hydrogen-bond acceptors (Lipinski definition) is 5. The average Bonchev–Trinajstić information content (AvgIpc) is 2.82. The Labute approximate surface area is 195 Å². The molecule has 2 aromatic rings. The molecule has 0 aliphatic carbocycles. The number of amides is 2. The number of anilines is 1. The average molecular weight is 474 g/mol. The molecule has 0 saturated carbocycles. The Bertz CT molecular complexity index is 1110. The van der Waals surface area contributed by atoms with Crippen molar-refractivity contribution in [2.24, 2.45) is 5.92 Å². The van der Waals surface area contributed by atoms with Gasteiger partial charge in [0.2, 0.25) is 0 Å². The highest BCUT2D eigenvalue weighted by molar-refractivity contribution is 7.92. The van der Waals surface area contributed by atoms with Crippen molar-refractivity contribution in [3.05, 3.63) is 53.6 Å². The maximum absolute atomic E-state index is 13.2. The number of nitrogens with one attached hydrogen (secondary N) is 2. The molecule has 9 heteroatoms. The fourth-order valence-electron chi connectivity index (χ4n) is 3.65. The number of likely N-dealkylation sites (tertiary alicyclic amines) is 1. The van der Waals surface area contributed by atoms with Crippen molar-refractivity contribution in [3.8, 4) is 5.75 Å². The van der Waals surface area contributed by atoms with Crippen LogP contribution in [-0.2, 0) is 10.0 Å². The van der Waals surface area contributed by atoms with Gasteiger partial charge in [0, 0.05) is 19.6 Å². The zero-order valence-electron chi connectivity index (χ0n) is 19.3. The molecule has 1 saturated heterocycles. The van der Waals surface area contributed by atoms with Gasteiger partial charge in [-0.1, -0.05) is 26.0 Å². The van der Waals surface area contributed by atoms with Crippen LogP contribution in [0.25, 0.3) is 0 Å². The lowest BCUT2D eigenvalue weighted by molar-refractivity contribution is 0.0720. The summed E-state index contributed by atoms with van der Waals surface area (Å²) in [7, 11) is -2.62. The largest absolute Gasteiger partial charge is 0.496 e. The number of carbonyl (C=O) groups excluding carboxylic acids is 2. The third-order valence-corrected chi connectivity index (χ3v) is 6.80. The van der Waals surface area contributed by atoms with E-state index in [9.17, 15) is 18.0 Å². The molecule has 2 amide bonds. The van der Waals surface area contributed by atoms with E-state index in [0.29, 0.717) is 25.4 Å². The van der Waals surface area contributed by atoms with Crippen LogP contribution in [0, 0.1) is 5.92 Å². The van der Waals surface area contributed by atoms with E-state index < -0.39 is 10.0 Å².